The van der Waals surface area contributed by atoms with Crippen LogP contribution in [0.3, 0.4) is 0 Å². The van der Waals surface area contributed by atoms with E-state index in [-0.39, 0.29) is 0 Å². The van der Waals surface area contributed by atoms with E-state index in [2.05, 4.69) is 27.8 Å². The number of alkyl halides is 1. The third-order valence-electron chi connectivity index (χ3n) is 4.98. The predicted octanol–water partition coefficient (Wildman–Crippen LogP) is 4.60. The molecule has 1 nitrogen and oxygen atoms in total. The Morgan fingerprint density at radius 3 is 2.24 bits per heavy atom. The van der Waals surface area contributed by atoms with Crippen LogP contribution >= 0.6 is 15.9 Å². The normalized spacial score (nSPS) is 25.6. The van der Waals surface area contributed by atoms with Gasteiger partial charge in [0.1, 0.15) is 0 Å². The largest absolute Gasteiger partial charge is 0.300 e. The summed E-state index contributed by atoms with van der Waals surface area (Å²) in [6.45, 7) is 4.95. The lowest BCUT2D eigenvalue weighted by atomic mass is 9.75. The SMILES string of the molecule is CCN(CC1(CBr)CCCCC1)C1CCCC1. The molecule has 0 aromatic heterocycles. The molecule has 0 heterocycles. The van der Waals surface area contributed by atoms with Crippen molar-refractivity contribution in [3.05, 3.63) is 0 Å². The Morgan fingerprint density at radius 2 is 1.71 bits per heavy atom. The van der Waals surface area contributed by atoms with E-state index in [1.165, 1.54) is 76.2 Å². The van der Waals surface area contributed by atoms with Crippen molar-refractivity contribution >= 4 is 15.9 Å². The van der Waals surface area contributed by atoms with Gasteiger partial charge in [-0.1, -0.05) is 55.0 Å². The van der Waals surface area contributed by atoms with Gasteiger partial charge in [0.2, 0.25) is 0 Å². The predicted molar refractivity (Wildman–Crippen MR) is 78.8 cm³/mol. The summed E-state index contributed by atoms with van der Waals surface area (Å²) < 4.78 is 0. The highest BCUT2D eigenvalue weighted by Gasteiger charge is 2.34. The van der Waals surface area contributed by atoms with Gasteiger partial charge in [0.25, 0.3) is 0 Å². The van der Waals surface area contributed by atoms with Crippen LogP contribution in [0.25, 0.3) is 0 Å². The second kappa shape index (κ2) is 6.56. The lowest BCUT2D eigenvalue weighted by Gasteiger charge is -2.42. The molecule has 0 N–H and O–H groups in total. The van der Waals surface area contributed by atoms with Gasteiger partial charge in [0.05, 0.1) is 0 Å². The molecule has 0 bridgehead atoms. The van der Waals surface area contributed by atoms with Crippen LogP contribution in [0.2, 0.25) is 0 Å². The Kier molecular flexibility index (Phi) is 5.35. The van der Waals surface area contributed by atoms with E-state index in [1.54, 1.807) is 0 Å². The van der Waals surface area contributed by atoms with Gasteiger partial charge >= 0.3 is 0 Å². The molecule has 2 aliphatic rings. The number of halogens is 1. The molecule has 0 atom stereocenters. The van der Waals surface area contributed by atoms with Crippen LogP contribution in [-0.2, 0) is 0 Å². The first-order chi connectivity index (χ1) is 8.29. The fourth-order valence-corrected chi connectivity index (χ4v) is 4.57. The van der Waals surface area contributed by atoms with Gasteiger partial charge < -0.3 is 4.90 Å². The van der Waals surface area contributed by atoms with Crippen molar-refractivity contribution in [2.75, 3.05) is 18.4 Å². The average molecular weight is 302 g/mol. The second-order valence-electron chi connectivity index (χ2n) is 6.20. The number of nitrogens with zero attached hydrogens (tertiary/aromatic N) is 1. The Labute approximate surface area is 115 Å². The van der Waals surface area contributed by atoms with Crippen LogP contribution in [0.5, 0.6) is 0 Å². The molecule has 0 spiro atoms. The van der Waals surface area contributed by atoms with Crippen molar-refractivity contribution in [3.8, 4) is 0 Å². The van der Waals surface area contributed by atoms with Crippen LogP contribution in [0.1, 0.15) is 64.7 Å². The van der Waals surface area contributed by atoms with Gasteiger partial charge in [-0.2, -0.15) is 0 Å². The molecule has 0 aromatic carbocycles. The zero-order valence-electron chi connectivity index (χ0n) is 11.4. The summed E-state index contributed by atoms with van der Waals surface area (Å²) >= 11 is 3.81. The fraction of sp³-hybridized carbons (Fsp3) is 1.00. The van der Waals surface area contributed by atoms with E-state index in [9.17, 15) is 0 Å². The zero-order chi connectivity index (χ0) is 12.1. The van der Waals surface area contributed by atoms with Crippen molar-refractivity contribution in [2.24, 2.45) is 5.41 Å². The molecule has 17 heavy (non-hydrogen) atoms. The van der Waals surface area contributed by atoms with Crippen LogP contribution in [0.4, 0.5) is 0 Å². The summed E-state index contributed by atoms with van der Waals surface area (Å²) in [5, 5.41) is 1.21. The minimum Gasteiger partial charge on any atom is -0.300 e. The molecule has 0 amide bonds. The molecular formula is C15H28BrN. The van der Waals surface area contributed by atoms with Crippen molar-refractivity contribution < 1.29 is 0 Å². The highest BCUT2D eigenvalue weighted by molar-refractivity contribution is 9.09. The Balaban J connectivity index is 1.94. The van der Waals surface area contributed by atoms with E-state index in [0.29, 0.717) is 5.41 Å². The van der Waals surface area contributed by atoms with E-state index in [1.807, 2.05) is 0 Å². The third-order valence-corrected chi connectivity index (χ3v) is 6.17. The minimum absolute atomic E-state index is 0.594. The molecule has 2 heteroatoms. The maximum atomic E-state index is 3.81. The first-order valence-corrected chi connectivity index (χ1v) is 8.72. The average Bonchev–Trinajstić information content (AvgIpc) is 2.91. The molecule has 0 aliphatic heterocycles. The van der Waals surface area contributed by atoms with Gasteiger partial charge in [-0.15, -0.1) is 0 Å². The first-order valence-electron chi connectivity index (χ1n) is 7.60. The van der Waals surface area contributed by atoms with Crippen LogP contribution < -0.4 is 0 Å². The van der Waals surface area contributed by atoms with E-state index >= 15 is 0 Å². The Bertz CT molecular complexity index is 217. The Hall–Kier alpha value is 0.440. The molecule has 0 unspecified atom stereocenters. The lowest BCUT2D eigenvalue weighted by molar-refractivity contribution is 0.0988. The summed E-state index contributed by atoms with van der Waals surface area (Å²) in [4.78, 5) is 2.79. The summed E-state index contributed by atoms with van der Waals surface area (Å²) in [5.74, 6) is 0. The molecule has 2 saturated carbocycles. The number of hydrogen-bond acceptors (Lipinski definition) is 1. The molecule has 0 aromatic rings. The first kappa shape index (κ1) is 13.9. The minimum atomic E-state index is 0.594. The fourth-order valence-electron chi connectivity index (χ4n) is 3.84. The van der Waals surface area contributed by atoms with Gasteiger partial charge in [-0.3, -0.25) is 0 Å². The monoisotopic (exact) mass is 301 g/mol. The lowest BCUT2D eigenvalue weighted by Crippen LogP contribution is -2.44. The summed E-state index contributed by atoms with van der Waals surface area (Å²) in [6.07, 6.45) is 13.1. The smallest absolute Gasteiger partial charge is 0.0100 e. The molecule has 2 fully saturated rings. The topological polar surface area (TPSA) is 3.24 Å². The zero-order valence-corrected chi connectivity index (χ0v) is 13.0. The molecule has 2 aliphatic carbocycles. The number of hydrogen-bond donors (Lipinski definition) is 0. The quantitative estimate of drug-likeness (QED) is 0.671. The van der Waals surface area contributed by atoms with Gasteiger partial charge in [-0.25, -0.2) is 0 Å². The summed E-state index contributed by atoms with van der Waals surface area (Å²) in [6, 6.07) is 0.901. The van der Waals surface area contributed by atoms with Gasteiger partial charge in [-0.05, 0) is 37.6 Å². The highest BCUT2D eigenvalue weighted by atomic mass is 79.9. The van der Waals surface area contributed by atoms with Crippen LogP contribution in [-0.4, -0.2) is 29.4 Å². The summed E-state index contributed by atoms with van der Waals surface area (Å²) in [7, 11) is 0. The molecule has 2 rings (SSSR count). The third kappa shape index (κ3) is 3.47. The van der Waals surface area contributed by atoms with Crippen molar-refractivity contribution in [3.63, 3.8) is 0 Å². The molecule has 0 radical (unpaired) electrons. The standard InChI is InChI=1S/C15H28BrN/c1-2-17(14-8-4-5-9-14)13-15(12-16)10-6-3-7-11-15/h14H,2-13H2,1H3. The van der Waals surface area contributed by atoms with Gasteiger partial charge in [0.15, 0.2) is 0 Å². The number of rotatable bonds is 5. The molecule has 100 valence electrons. The van der Waals surface area contributed by atoms with E-state index in [0.717, 1.165) is 6.04 Å². The highest BCUT2D eigenvalue weighted by Crippen LogP contribution is 2.39. The van der Waals surface area contributed by atoms with Crippen molar-refractivity contribution in [1.82, 2.24) is 4.90 Å². The van der Waals surface area contributed by atoms with Crippen LogP contribution in [0.15, 0.2) is 0 Å². The molecular weight excluding hydrogens is 274 g/mol. The second-order valence-corrected chi connectivity index (χ2v) is 6.76. The summed E-state index contributed by atoms with van der Waals surface area (Å²) in [5.41, 5.74) is 0.594. The maximum absolute atomic E-state index is 3.81. The van der Waals surface area contributed by atoms with Crippen LogP contribution in [0, 0.1) is 5.41 Å². The van der Waals surface area contributed by atoms with Crippen molar-refractivity contribution in [2.45, 2.75) is 70.8 Å². The maximum Gasteiger partial charge on any atom is 0.0100 e. The van der Waals surface area contributed by atoms with E-state index in [4.69, 9.17) is 0 Å². The van der Waals surface area contributed by atoms with Crippen molar-refractivity contribution in [1.29, 1.82) is 0 Å². The van der Waals surface area contributed by atoms with Gasteiger partial charge in [0, 0.05) is 17.9 Å². The molecule has 0 saturated heterocycles. The van der Waals surface area contributed by atoms with E-state index < -0.39 is 0 Å². The Morgan fingerprint density at radius 1 is 1.06 bits per heavy atom.